The van der Waals surface area contributed by atoms with Crippen molar-refractivity contribution in [3.63, 3.8) is 0 Å². The van der Waals surface area contributed by atoms with Gasteiger partial charge in [-0.2, -0.15) is 0 Å². The Labute approximate surface area is 73.3 Å². The van der Waals surface area contributed by atoms with Crippen LogP contribution in [0.15, 0.2) is 0 Å². The molecule has 0 radical (unpaired) electrons. The zero-order valence-corrected chi connectivity index (χ0v) is 7.41. The maximum absolute atomic E-state index is 9.71. The number of hydrogen-bond acceptors (Lipinski definition) is 3. The van der Waals surface area contributed by atoms with Crippen molar-refractivity contribution in [2.45, 2.75) is 31.4 Å². The number of nitrogens with zero attached hydrogens (tertiary/aromatic N) is 1. The first kappa shape index (κ1) is 8.48. The highest BCUT2D eigenvalue weighted by molar-refractivity contribution is 4.84. The van der Waals surface area contributed by atoms with E-state index in [4.69, 9.17) is 4.74 Å². The monoisotopic (exact) mass is 171 g/mol. The second-order valence-corrected chi connectivity index (χ2v) is 3.74. The number of aliphatic hydroxyl groups excluding tert-OH is 1. The van der Waals surface area contributed by atoms with Crippen molar-refractivity contribution >= 4 is 0 Å². The molecule has 2 aliphatic rings. The Kier molecular flexibility index (Phi) is 2.63. The highest BCUT2D eigenvalue weighted by Gasteiger charge is 2.30. The van der Waals surface area contributed by atoms with E-state index < -0.39 is 0 Å². The molecular formula is C9H17NO2. The van der Waals surface area contributed by atoms with Gasteiger partial charge in [0.05, 0.1) is 18.8 Å². The first-order valence-corrected chi connectivity index (χ1v) is 4.88. The first-order valence-electron chi connectivity index (χ1n) is 4.88. The lowest BCUT2D eigenvalue weighted by molar-refractivity contribution is -0.0549. The summed E-state index contributed by atoms with van der Waals surface area (Å²) < 4.78 is 5.36. The molecule has 2 fully saturated rings. The Morgan fingerprint density at radius 3 is 2.67 bits per heavy atom. The fourth-order valence-electron chi connectivity index (χ4n) is 2.13. The Morgan fingerprint density at radius 1 is 1.25 bits per heavy atom. The fraction of sp³-hybridized carbons (Fsp3) is 1.00. The number of rotatable bonds is 1. The van der Waals surface area contributed by atoms with Crippen LogP contribution >= 0.6 is 0 Å². The van der Waals surface area contributed by atoms with Crippen LogP contribution in [0.2, 0.25) is 0 Å². The van der Waals surface area contributed by atoms with Gasteiger partial charge in [-0.05, 0) is 32.4 Å². The predicted molar refractivity (Wildman–Crippen MR) is 46.0 cm³/mol. The largest absolute Gasteiger partial charge is 0.391 e. The highest BCUT2D eigenvalue weighted by atomic mass is 16.5. The summed E-state index contributed by atoms with van der Waals surface area (Å²) in [4.78, 5) is 2.36. The minimum Gasteiger partial charge on any atom is -0.391 e. The predicted octanol–water partition coefficient (Wildman–Crippen LogP) is 0.232. The van der Waals surface area contributed by atoms with Crippen molar-refractivity contribution in [1.82, 2.24) is 4.90 Å². The lowest BCUT2D eigenvalue weighted by Crippen LogP contribution is -2.48. The Morgan fingerprint density at radius 2 is 2.00 bits per heavy atom. The number of aliphatic hydroxyl groups is 1. The first-order chi connectivity index (χ1) is 5.88. The quantitative estimate of drug-likeness (QED) is 0.613. The van der Waals surface area contributed by atoms with Gasteiger partial charge < -0.3 is 9.84 Å². The second-order valence-electron chi connectivity index (χ2n) is 3.74. The van der Waals surface area contributed by atoms with E-state index in [1.165, 1.54) is 12.8 Å². The van der Waals surface area contributed by atoms with Crippen LogP contribution in [0.4, 0.5) is 0 Å². The van der Waals surface area contributed by atoms with Gasteiger partial charge in [0.15, 0.2) is 0 Å². The summed E-state index contributed by atoms with van der Waals surface area (Å²) in [6.07, 6.45) is 3.21. The molecule has 3 heteroatoms. The van der Waals surface area contributed by atoms with Crippen molar-refractivity contribution in [1.29, 1.82) is 0 Å². The molecule has 0 aliphatic carbocycles. The Bertz CT molecular complexity index is 145. The van der Waals surface area contributed by atoms with Crippen molar-refractivity contribution < 1.29 is 9.84 Å². The van der Waals surface area contributed by atoms with Crippen LogP contribution < -0.4 is 0 Å². The molecular weight excluding hydrogens is 154 g/mol. The molecule has 3 nitrogen and oxygen atoms in total. The van der Waals surface area contributed by atoms with Gasteiger partial charge in [0, 0.05) is 6.61 Å². The van der Waals surface area contributed by atoms with Crippen LogP contribution in [0, 0.1) is 0 Å². The normalized spacial score (nSPS) is 38.8. The molecule has 0 aromatic carbocycles. The van der Waals surface area contributed by atoms with Crippen LogP contribution in [0.1, 0.15) is 19.3 Å². The van der Waals surface area contributed by atoms with E-state index in [0.717, 1.165) is 32.7 Å². The molecule has 2 atom stereocenters. The van der Waals surface area contributed by atoms with Gasteiger partial charge in [-0.15, -0.1) is 0 Å². The molecule has 1 N–H and O–H groups in total. The summed E-state index contributed by atoms with van der Waals surface area (Å²) in [6, 6.07) is 0.279. The lowest BCUT2D eigenvalue weighted by Gasteiger charge is -2.34. The topological polar surface area (TPSA) is 32.7 Å². The van der Waals surface area contributed by atoms with E-state index in [0.29, 0.717) is 0 Å². The van der Waals surface area contributed by atoms with Crippen LogP contribution in [-0.2, 0) is 4.74 Å². The third-order valence-corrected chi connectivity index (χ3v) is 2.90. The van der Waals surface area contributed by atoms with Crippen molar-refractivity contribution in [3.05, 3.63) is 0 Å². The lowest BCUT2D eigenvalue weighted by atomic mass is 10.1. The number of hydrogen-bond donors (Lipinski definition) is 1. The van der Waals surface area contributed by atoms with Gasteiger partial charge in [-0.1, -0.05) is 0 Å². The Hall–Kier alpha value is -0.120. The molecule has 12 heavy (non-hydrogen) atoms. The molecule has 2 unspecified atom stereocenters. The van der Waals surface area contributed by atoms with Gasteiger partial charge in [-0.25, -0.2) is 0 Å². The van der Waals surface area contributed by atoms with Crippen LogP contribution in [0.25, 0.3) is 0 Å². The van der Waals surface area contributed by atoms with Crippen molar-refractivity contribution in [3.8, 4) is 0 Å². The zero-order valence-electron chi connectivity index (χ0n) is 7.41. The average molecular weight is 171 g/mol. The molecule has 0 spiro atoms. The van der Waals surface area contributed by atoms with Gasteiger partial charge in [0.1, 0.15) is 0 Å². The summed E-state index contributed by atoms with van der Waals surface area (Å²) in [5.41, 5.74) is 0. The van der Waals surface area contributed by atoms with E-state index in [2.05, 4.69) is 4.90 Å². The molecule has 2 rings (SSSR count). The molecule has 2 heterocycles. The van der Waals surface area contributed by atoms with Gasteiger partial charge in [-0.3, -0.25) is 4.90 Å². The van der Waals surface area contributed by atoms with E-state index in [9.17, 15) is 5.11 Å². The number of likely N-dealkylation sites (tertiary alicyclic amines) is 1. The van der Waals surface area contributed by atoms with Crippen molar-refractivity contribution in [2.24, 2.45) is 0 Å². The summed E-state index contributed by atoms with van der Waals surface area (Å²) in [5, 5.41) is 9.71. The maximum atomic E-state index is 9.71. The summed E-state index contributed by atoms with van der Waals surface area (Å²) in [5.74, 6) is 0. The number of ether oxygens (including phenoxy) is 1. The van der Waals surface area contributed by atoms with Gasteiger partial charge in [0.2, 0.25) is 0 Å². The van der Waals surface area contributed by atoms with E-state index >= 15 is 0 Å². The summed E-state index contributed by atoms with van der Waals surface area (Å²) >= 11 is 0. The molecule has 0 aromatic rings. The van der Waals surface area contributed by atoms with Gasteiger partial charge in [0.25, 0.3) is 0 Å². The molecule has 0 amide bonds. The summed E-state index contributed by atoms with van der Waals surface area (Å²) in [6.45, 7) is 3.74. The molecule has 0 aromatic heterocycles. The average Bonchev–Trinajstić information content (AvgIpc) is 2.57. The molecule has 0 saturated carbocycles. The highest BCUT2D eigenvalue weighted by Crippen LogP contribution is 2.19. The summed E-state index contributed by atoms with van der Waals surface area (Å²) in [7, 11) is 0. The van der Waals surface area contributed by atoms with E-state index in [1.54, 1.807) is 0 Å². The minimum atomic E-state index is -0.156. The van der Waals surface area contributed by atoms with Crippen LogP contribution in [-0.4, -0.2) is 48.5 Å². The third kappa shape index (κ3) is 1.63. The maximum Gasteiger partial charge on any atom is 0.0739 e. The smallest absolute Gasteiger partial charge is 0.0739 e. The Balaban J connectivity index is 1.91. The van der Waals surface area contributed by atoms with Gasteiger partial charge >= 0.3 is 0 Å². The minimum absolute atomic E-state index is 0.156. The second kappa shape index (κ2) is 3.73. The third-order valence-electron chi connectivity index (χ3n) is 2.90. The van der Waals surface area contributed by atoms with Crippen molar-refractivity contribution in [2.75, 3.05) is 26.3 Å². The standard InChI is InChI=1S/C9H17NO2/c11-9-3-6-12-7-8(9)10-4-1-2-5-10/h8-9,11H,1-7H2. The van der Waals surface area contributed by atoms with E-state index in [-0.39, 0.29) is 12.1 Å². The zero-order chi connectivity index (χ0) is 8.39. The fourth-order valence-corrected chi connectivity index (χ4v) is 2.13. The SMILES string of the molecule is OC1CCOCC1N1CCCC1. The van der Waals surface area contributed by atoms with E-state index in [1.807, 2.05) is 0 Å². The molecule has 2 aliphatic heterocycles. The molecule has 70 valence electrons. The molecule has 2 saturated heterocycles. The molecule has 0 bridgehead atoms. The van der Waals surface area contributed by atoms with Crippen LogP contribution in [0.5, 0.6) is 0 Å². The van der Waals surface area contributed by atoms with Crippen LogP contribution in [0.3, 0.4) is 0 Å².